The third-order valence-corrected chi connectivity index (χ3v) is 6.37. The number of anilines is 2. The lowest BCUT2D eigenvalue weighted by Gasteiger charge is -2.16. The van der Waals surface area contributed by atoms with E-state index in [9.17, 15) is 4.79 Å². The van der Waals surface area contributed by atoms with Gasteiger partial charge in [-0.15, -0.1) is 0 Å². The fraction of sp³-hybridized carbons (Fsp3) is 0.138. The molecule has 0 aliphatic carbocycles. The SMILES string of the molecule is CC(C)(C)C(=O)c1oc2nc(-c3ccccc3Cl)c(-c3ccc(Cl)cc3)cc2c1Nc1cccnc1. The zero-order valence-electron chi connectivity index (χ0n) is 20.0. The van der Waals surface area contributed by atoms with E-state index in [1.807, 2.05) is 87.5 Å². The first-order valence-corrected chi connectivity index (χ1v) is 12.2. The van der Waals surface area contributed by atoms with Crippen LogP contribution in [0.2, 0.25) is 10.0 Å². The number of hydrogen-bond donors (Lipinski definition) is 1. The van der Waals surface area contributed by atoms with Crippen molar-refractivity contribution in [2.75, 3.05) is 5.32 Å². The maximum atomic E-state index is 13.4. The highest BCUT2D eigenvalue weighted by Crippen LogP contribution is 2.42. The predicted molar refractivity (Wildman–Crippen MR) is 146 cm³/mol. The molecular formula is C29H23Cl2N3O2. The van der Waals surface area contributed by atoms with Crippen LogP contribution in [0.25, 0.3) is 33.5 Å². The van der Waals surface area contributed by atoms with Gasteiger partial charge in [0, 0.05) is 32.8 Å². The Balaban J connectivity index is 1.82. The second-order valence-corrected chi connectivity index (χ2v) is 10.3. The quantitative estimate of drug-likeness (QED) is 0.236. The van der Waals surface area contributed by atoms with E-state index in [0.29, 0.717) is 32.5 Å². The highest BCUT2D eigenvalue weighted by molar-refractivity contribution is 6.33. The summed E-state index contributed by atoms with van der Waals surface area (Å²) in [7, 11) is 0. The molecule has 0 saturated heterocycles. The van der Waals surface area contributed by atoms with E-state index in [0.717, 1.165) is 22.4 Å². The number of benzene rings is 2. The number of fused-ring (bicyclic) bond motifs is 1. The zero-order valence-corrected chi connectivity index (χ0v) is 21.5. The molecule has 0 fully saturated rings. The lowest BCUT2D eigenvalue weighted by Crippen LogP contribution is -2.20. The smallest absolute Gasteiger partial charge is 0.229 e. The lowest BCUT2D eigenvalue weighted by molar-refractivity contribution is 0.0831. The van der Waals surface area contributed by atoms with Gasteiger partial charge in [-0.3, -0.25) is 9.78 Å². The predicted octanol–water partition coefficient (Wildman–Crippen LogP) is 8.84. The van der Waals surface area contributed by atoms with Crippen LogP contribution < -0.4 is 5.32 Å². The standard InChI is InChI=1S/C29H23Cl2N3O2/c1-29(2,3)27(35)26-25(33-19-7-6-14-32-16-19)22-15-21(17-10-12-18(30)13-11-17)24(34-28(22)36-26)20-8-4-5-9-23(20)31/h4-16,33H,1-3H3. The Hall–Kier alpha value is -3.67. The van der Waals surface area contributed by atoms with E-state index in [-0.39, 0.29) is 11.5 Å². The number of halogens is 2. The summed E-state index contributed by atoms with van der Waals surface area (Å²) in [5.74, 6) is 0.0754. The van der Waals surface area contributed by atoms with Gasteiger partial charge in [0.05, 0.1) is 28.7 Å². The first-order valence-electron chi connectivity index (χ1n) is 11.4. The number of hydrogen-bond acceptors (Lipinski definition) is 5. The lowest BCUT2D eigenvalue weighted by atomic mass is 9.88. The van der Waals surface area contributed by atoms with E-state index in [1.165, 1.54) is 0 Å². The van der Waals surface area contributed by atoms with Gasteiger partial charge in [0.2, 0.25) is 11.5 Å². The number of nitrogens with one attached hydrogen (secondary N) is 1. The molecule has 0 saturated carbocycles. The molecule has 0 aliphatic rings. The summed E-state index contributed by atoms with van der Waals surface area (Å²) in [6, 6.07) is 20.7. The minimum atomic E-state index is -0.663. The number of nitrogens with zero attached hydrogens (tertiary/aromatic N) is 2. The Bertz CT molecular complexity index is 1570. The molecule has 0 amide bonds. The molecule has 0 bridgehead atoms. The molecule has 7 heteroatoms. The normalized spacial score (nSPS) is 11.6. The van der Waals surface area contributed by atoms with Gasteiger partial charge in [-0.05, 0) is 42.0 Å². The zero-order chi connectivity index (χ0) is 25.4. The number of ketones is 1. The number of furan rings is 1. The van der Waals surface area contributed by atoms with E-state index in [4.69, 9.17) is 32.6 Å². The van der Waals surface area contributed by atoms with Crippen molar-refractivity contribution < 1.29 is 9.21 Å². The first kappa shape index (κ1) is 24.0. The minimum absolute atomic E-state index is 0.140. The Kier molecular flexibility index (Phi) is 6.29. The molecule has 0 spiro atoms. The van der Waals surface area contributed by atoms with Crippen molar-refractivity contribution in [2.45, 2.75) is 20.8 Å². The fourth-order valence-electron chi connectivity index (χ4n) is 3.94. The minimum Gasteiger partial charge on any atom is -0.432 e. The second-order valence-electron chi connectivity index (χ2n) is 9.48. The monoisotopic (exact) mass is 515 g/mol. The van der Waals surface area contributed by atoms with Gasteiger partial charge in [0.25, 0.3) is 0 Å². The Morgan fingerprint density at radius 1 is 0.944 bits per heavy atom. The molecule has 1 N–H and O–H groups in total. The van der Waals surface area contributed by atoms with Crippen LogP contribution in [0, 0.1) is 5.41 Å². The van der Waals surface area contributed by atoms with Crippen molar-refractivity contribution in [2.24, 2.45) is 5.41 Å². The first-order chi connectivity index (χ1) is 17.2. The fourth-order valence-corrected chi connectivity index (χ4v) is 4.29. The number of Topliss-reactive ketones (excluding diaryl/α,β-unsaturated/α-hetero) is 1. The molecule has 0 unspecified atom stereocenters. The number of aromatic nitrogens is 2. The van der Waals surface area contributed by atoms with Gasteiger partial charge in [0.15, 0.2) is 5.76 Å². The average Bonchev–Trinajstić information content (AvgIpc) is 3.20. The van der Waals surface area contributed by atoms with E-state index in [2.05, 4.69) is 10.3 Å². The molecule has 3 aromatic heterocycles. The molecule has 5 aromatic rings. The molecule has 5 rings (SSSR count). The second kappa shape index (κ2) is 9.41. The van der Waals surface area contributed by atoms with E-state index >= 15 is 0 Å². The van der Waals surface area contributed by atoms with Gasteiger partial charge in [-0.1, -0.05) is 74.3 Å². The number of rotatable bonds is 5. The molecule has 5 nitrogen and oxygen atoms in total. The highest BCUT2D eigenvalue weighted by atomic mass is 35.5. The number of pyridine rings is 2. The molecule has 0 radical (unpaired) electrons. The summed E-state index contributed by atoms with van der Waals surface area (Å²) in [6.45, 7) is 5.58. The number of carbonyl (C=O) groups excluding carboxylic acids is 1. The van der Waals surface area contributed by atoms with Crippen molar-refractivity contribution in [3.63, 3.8) is 0 Å². The van der Waals surface area contributed by atoms with Gasteiger partial charge < -0.3 is 9.73 Å². The van der Waals surface area contributed by atoms with Crippen molar-refractivity contribution >= 4 is 51.5 Å². The van der Waals surface area contributed by atoms with Crippen LogP contribution in [0.15, 0.2) is 83.5 Å². The summed E-state index contributed by atoms with van der Waals surface area (Å²) in [5.41, 5.74) is 4.08. The topological polar surface area (TPSA) is 68.0 Å². The third kappa shape index (κ3) is 4.60. The molecule has 0 aliphatic heterocycles. The highest BCUT2D eigenvalue weighted by Gasteiger charge is 2.31. The molecule has 3 heterocycles. The Morgan fingerprint density at radius 3 is 2.36 bits per heavy atom. The maximum absolute atomic E-state index is 13.4. The molecular weight excluding hydrogens is 493 g/mol. The maximum Gasteiger partial charge on any atom is 0.229 e. The van der Waals surface area contributed by atoms with Crippen molar-refractivity contribution in [3.05, 3.63) is 94.9 Å². The molecule has 0 atom stereocenters. The van der Waals surface area contributed by atoms with Gasteiger partial charge in [-0.2, -0.15) is 0 Å². The Labute approximate surface area is 219 Å². The van der Waals surface area contributed by atoms with Gasteiger partial charge in [0.1, 0.15) is 0 Å². The van der Waals surface area contributed by atoms with Crippen LogP contribution >= 0.6 is 23.2 Å². The van der Waals surface area contributed by atoms with Crippen molar-refractivity contribution in [3.8, 4) is 22.4 Å². The summed E-state index contributed by atoms with van der Waals surface area (Å²) in [5, 5.41) is 5.21. The summed E-state index contributed by atoms with van der Waals surface area (Å²) < 4.78 is 6.16. The van der Waals surface area contributed by atoms with Crippen LogP contribution in [0.1, 0.15) is 31.3 Å². The molecule has 36 heavy (non-hydrogen) atoms. The van der Waals surface area contributed by atoms with Gasteiger partial charge in [-0.25, -0.2) is 4.98 Å². The van der Waals surface area contributed by atoms with Crippen LogP contribution in [-0.4, -0.2) is 15.8 Å². The summed E-state index contributed by atoms with van der Waals surface area (Å²) in [6.07, 6.45) is 3.38. The number of carbonyl (C=O) groups is 1. The van der Waals surface area contributed by atoms with Crippen LogP contribution in [-0.2, 0) is 0 Å². The van der Waals surface area contributed by atoms with E-state index in [1.54, 1.807) is 12.4 Å². The third-order valence-electron chi connectivity index (χ3n) is 5.79. The van der Waals surface area contributed by atoms with Crippen LogP contribution in [0.5, 0.6) is 0 Å². The van der Waals surface area contributed by atoms with Crippen molar-refractivity contribution in [1.29, 1.82) is 0 Å². The van der Waals surface area contributed by atoms with Crippen molar-refractivity contribution in [1.82, 2.24) is 9.97 Å². The molecule has 2 aromatic carbocycles. The summed E-state index contributed by atoms with van der Waals surface area (Å²) >= 11 is 12.8. The Morgan fingerprint density at radius 2 is 1.69 bits per heavy atom. The average molecular weight is 516 g/mol. The summed E-state index contributed by atoms with van der Waals surface area (Å²) in [4.78, 5) is 22.5. The van der Waals surface area contributed by atoms with Gasteiger partial charge >= 0.3 is 0 Å². The largest absolute Gasteiger partial charge is 0.432 e. The molecule has 180 valence electrons. The van der Waals surface area contributed by atoms with Crippen LogP contribution in [0.3, 0.4) is 0 Å². The van der Waals surface area contributed by atoms with Crippen LogP contribution in [0.4, 0.5) is 11.4 Å². The van der Waals surface area contributed by atoms with E-state index < -0.39 is 5.41 Å².